The van der Waals surface area contributed by atoms with Gasteiger partial charge in [-0.15, -0.1) is 0 Å². The predicted molar refractivity (Wildman–Crippen MR) is 90.8 cm³/mol. The van der Waals surface area contributed by atoms with Crippen molar-refractivity contribution in [2.45, 2.75) is 12.7 Å². The van der Waals surface area contributed by atoms with Gasteiger partial charge < -0.3 is 5.32 Å². The zero-order chi connectivity index (χ0) is 17.9. The van der Waals surface area contributed by atoms with Crippen LogP contribution in [-0.2, 0) is 15.6 Å². The van der Waals surface area contributed by atoms with Gasteiger partial charge in [0.05, 0.1) is 16.4 Å². The number of sulfone groups is 1. The van der Waals surface area contributed by atoms with E-state index in [4.69, 9.17) is 0 Å². The summed E-state index contributed by atoms with van der Waals surface area (Å²) in [5.41, 5.74) is 1.67. The lowest BCUT2D eigenvalue weighted by Gasteiger charge is -2.09. The molecule has 0 fully saturated rings. The molecule has 0 atom stereocenters. The van der Waals surface area contributed by atoms with Crippen molar-refractivity contribution in [2.24, 2.45) is 0 Å². The Morgan fingerprint density at radius 1 is 1.21 bits per heavy atom. The lowest BCUT2D eigenvalue weighted by atomic mass is 10.1. The molecule has 1 amide bonds. The van der Waals surface area contributed by atoms with Crippen molar-refractivity contribution in [2.75, 3.05) is 11.6 Å². The fraction of sp³-hybridized carbons (Fsp3) is 0.188. The van der Waals surface area contributed by atoms with Gasteiger partial charge in [-0.2, -0.15) is 0 Å². The average molecular weight is 348 g/mol. The van der Waals surface area contributed by atoms with Gasteiger partial charge in [0.2, 0.25) is 0 Å². The molecule has 0 saturated heterocycles. The Balaban J connectivity index is 2.26. The maximum atomic E-state index is 12.3. The highest BCUT2D eigenvalue weighted by Crippen LogP contribution is 2.22. The van der Waals surface area contributed by atoms with Crippen LogP contribution in [0.15, 0.2) is 42.5 Å². The number of nitro groups is 1. The van der Waals surface area contributed by atoms with Crippen molar-refractivity contribution in [1.82, 2.24) is 0 Å². The third-order valence-corrected chi connectivity index (χ3v) is 4.16. The number of carbonyl (C=O) groups excluding carboxylic acids is 1. The number of benzene rings is 2. The molecule has 24 heavy (non-hydrogen) atoms. The van der Waals surface area contributed by atoms with Crippen molar-refractivity contribution in [1.29, 1.82) is 0 Å². The van der Waals surface area contributed by atoms with Gasteiger partial charge >= 0.3 is 0 Å². The molecule has 0 aliphatic heterocycles. The molecule has 0 unspecified atom stereocenters. The smallest absolute Gasteiger partial charge is 0.271 e. The molecule has 2 aromatic carbocycles. The van der Waals surface area contributed by atoms with Gasteiger partial charge in [-0.3, -0.25) is 14.9 Å². The Kier molecular flexibility index (Phi) is 4.99. The van der Waals surface area contributed by atoms with Crippen LogP contribution in [0.3, 0.4) is 0 Å². The summed E-state index contributed by atoms with van der Waals surface area (Å²) in [7, 11) is -3.21. The van der Waals surface area contributed by atoms with E-state index in [1.165, 1.54) is 18.2 Å². The molecule has 0 heterocycles. The minimum absolute atomic E-state index is 0.123. The minimum Gasteiger partial charge on any atom is -0.321 e. The molecule has 0 aliphatic rings. The summed E-state index contributed by atoms with van der Waals surface area (Å²) in [6.07, 6.45) is 1.12. The molecule has 2 rings (SSSR count). The van der Waals surface area contributed by atoms with E-state index in [0.29, 0.717) is 16.8 Å². The monoisotopic (exact) mass is 348 g/mol. The van der Waals surface area contributed by atoms with E-state index >= 15 is 0 Å². The van der Waals surface area contributed by atoms with Crippen LogP contribution in [0.1, 0.15) is 21.5 Å². The summed E-state index contributed by atoms with van der Waals surface area (Å²) in [4.78, 5) is 22.6. The molecule has 126 valence electrons. The van der Waals surface area contributed by atoms with E-state index in [0.717, 1.165) is 6.26 Å². The molecule has 0 saturated carbocycles. The topological polar surface area (TPSA) is 106 Å². The number of carbonyl (C=O) groups is 1. The van der Waals surface area contributed by atoms with Crippen LogP contribution in [0.4, 0.5) is 11.4 Å². The normalized spacial score (nSPS) is 11.1. The van der Waals surface area contributed by atoms with Gasteiger partial charge in [0.15, 0.2) is 9.84 Å². The second-order valence-corrected chi connectivity index (χ2v) is 7.62. The van der Waals surface area contributed by atoms with Crippen LogP contribution in [0.5, 0.6) is 0 Å². The number of hydrogen-bond donors (Lipinski definition) is 1. The van der Waals surface area contributed by atoms with Gasteiger partial charge in [-0.05, 0) is 30.2 Å². The maximum absolute atomic E-state index is 12.3. The third-order valence-electron chi connectivity index (χ3n) is 3.30. The van der Waals surface area contributed by atoms with Crippen molar-refractivity contribution >= 4 is 27.1 Å². The zero-order valence-corrected chi connectivity index (χ0v) is 14.0. The highest BCUT2D eigenvalue weighted by Gasteiger charge is 2.13. The molecule has 0 aromatic heterocycles. The first kappa shape index (κ1) is 17.6. The second kappa shape index (κ2) is 6.79. The molecular formula is C16H16N2O5S. The first-order valence-electron chi connectivity index (χ1n) is 6.99. The predicted octanol–water partition coefficient (Wildman–Crippen LogP) is 2.70. The number of amides is 1. The number of non-ortho nitro benzene ring substituents is 1. The molecule has 2 aromatic rings. The number of rotatable bonds is 5. The van der Waals surface area contributed by atoms with E-state index in [2.05, 4.69) is 5.32 Å². The van der Waals surface area contributed by atoms with Gasteiger partial charge in [-0.25, -0.2) is 8.42 Å². The Hall–Kier alpha value is -2.74. The largest absolute Gasteiger partial charge is 0.321 e. The summed E-state index contributed by atoms with van der Waals surface area (Å²) >= 11 is 0. The Labute approximate surface area is 139 Å². The van der Waals surface area contributed by atoms with E-state index < -0.39 is 20.7 Å². The fourth-order valence-corrected chi connectivity index (χ4v) is 2.94. The van der Waals surface area contributed by atoms with Crippen LogP contribution in [-0.4, -0.2) is 25.5 Å². The average Bonchev–Trinajstić information content (AvgIpc) is 2.47. The lowest BCUT2D eigenvalue weighted by Crippen LogP contribution is -2.13. The van der Waals surface area contributed by atoms with E-state index in [9.17, 15) is 23.3 Å². The van der Waals surface area contributed by atoms with E-state index in [-0.39, 0.29) is 17.0 Å². The number of nitrogens with one attached hydrogen (secondary N) is 1. The van der Waals surface area contributed by atoms with Crippen molar-refractivity contribution in [3.05, 3.63) is 69.3 Å². The van der Waals surface area contributed by atoms with Crippen LogP contribution >= 0.6 is 0 Å². The molecule has 0 aliphatic carbocycles. The summed E-state index contributed by atoms with van der Waals surface area (Å²) in [5, 5.41) is 13.5. The summed E-state index contributed by atoms with van der Waals surface area (Å²) in [5.74, 6) is -0.627. The van der Waals surface area contributed by atoms with Gasteiger partial charge in [0.25, 0.3) is 11.6 Å². The highest BCUT2D eigenvalue weighted by molar-refractivity contribution is 7.89. The quantitative estimate of drug-likeness (QED) is 0.660. The number of nitrogens with zero attached hydrogens (tertiary/aromatic N) is 1. The van der Waals surface area contributed by atoms with Crippen LogP contribution < -0.4 is 5.32 Å². The van der Waals surface area contributed by atoms with Crippen LogP contribution in [0.2, 0.25) is 0 Å². The molecule has 0 spiro atoms. The summed E-state index contributed by atoms with van der Waals surface area (Å²) < 4.78 is 22.7. The van der Waals surface area contributed by atoms with Crippen molar-refractivity contribution in [3.63, 3.8) is 0 Å². The molecule has 7 nitrogen and oxygen atoms in total. The molecular weight excluding hydrogens is 332 g/mol. The van der Waals surface area contributed by atoms with E-state index in [1.54, 1.807) is 31.2 Å². The number of aryl methyl sites for hydroxylation is 1. The maximum Gasteiger partial charge on any atom is 0.271 e. The molecule has 1 N–H and O–H groups in total. The van der Waals surface area contributed by atoms with Gasteiger partial charge in [-0.1, -0.05) is 18.2 Å². The standard InChI is InChI=1S/C16H16N2O5S/c1-11-6-7-14(18(20)21)9-15(11)17-16(19)13-5-3-4-12(8-13)10-24(2,22)23/h3-9H,10H2,1-2H3,(H,17,19). The Morgan fingerprint density at radius 2 is 1.92 bits per heavy atom. The number of nitro benzene ring substituents is 1. The first-order chi connectivity index (χ1) is 11.2. The van der Waals surface area contributed by atoms with Crippen LogP contribution in [0, 0.1) is 17.0 Å². The van der Waals surface area contributed by atoms with Crippen LogP contribution in [0.25, 0.3) is 0 Å². The fourth-order valence-electron chi connectivity index (χ4n) is 2.16. The lowest BCUT2D eigenvalue weighted by molar-refractivity contribution is -0.384. The molecule has 8 heteroatoms. The summed E-state index contributed by atoms with van der Waals surface area (Å²) in [6.45, 7) is 1.72. The third kappa shape index (κ3) is 4.63. The summed E-state index contributed by atoms with van der Waals surface area (Å²) in [6, 6.07) is 10.4. The number of hydrogen-bond acceptors (Lipinski definition) is 5. The second-order valence-electron chi connectivity index (χ2n) is 5.48. The highest BCUT2D eigenvalue weighted by atomic mass is 32.2. The first-order valence-corrected chi connectivity index (χ1v) is 9.05. The molecule has 0 bridgehead atoms. The molecule has 0 radical (unpaired) electrons. The zero-order valence-electron chi connectivity index (χ0n) is 13.1. The Bertz CT molecular complexity index is 906. The van der Waals surface area contributed by atoms with Gasteiger partial charge in [0.1, 0.15) is 0 Å². The number of anilines is 1. The SMILES string of the molecule is Cc1ccc([N+](=O)[O-])cc1NC(=O)c1cccc(CS(C)(=O)=O)c1. The van der Waals surface area contributed by atoms with Crippen molar-refractivity contribution < 1.29 is 18.1 Å². The van der Waals surface area contributed by atoms with Gasteiger partial charge in [0, 0.05) is 24.0 Å². The van der Waals surface area contributed by atoms with Crippen molar-refractivity contribution in [3.8, 4) is 0 Å². The minimum atomic E-state index is -3.21. The van der Waals surface area contributed by atoms with E-state index in [1.807, 2.05) is 0 Å². The Morgan fingerprint density at radius 3 is 2.54 bits per heavy atom.